The van der Waals surface area contributed by atoms with Gasteiger partial charge in [-0.1, -0.05) is 11.8 Å². The van der Waals surface area contributed by atoms with Crippen molar-refractivity contribution in [2.24, 2.45) is 0 Å². The first-order valence-electron chi connectivity index (χ1n) is 5.57. The van der Waals surface area contributed by atoms with E-state index >= 15 is 0 Å². The van der Waals surface area contributed by atoms with Crippen LogP contribution in [0.1, 0.15) is 12.5 Å². The minimum Gasteiger partial charge on any atom is -0.384 e. The lowest BCUT2D eigenvalue weighted by Gasteiger charge is -2.11. The summed E-state index contributed by atoms with van der Waals surface area (Å²) in [7, 11) is -2.13. The second-order valence-electron chi connectivity index (χ2n) is 3.77. The maximum Gasteiger partial charge on any atom is 0.242 e. The smallest absolute Gasteiger partial charge is 0.242 e. The first kappa shape index (κ1) is 15.6. The quantitative estimate of drug-likeness (QED) is 0.727. The highest BCUT2D eigenvalue weighted by Crippen LogP contribution is 2.08. The Bertz CT molecular complexity index is 575. The Morgan fingerprint density at radius 3 is 2.89 bits per heavy atom. The molecule has 1 atom stereocenters. The highest BCUT2D eigenvalue weighted by molar-refractivity contribution is 7.89. The number of hydrogen-bond acceptors (Lipinski definition) is 5. The number of hydrogen-bond donors (Lipinski definition) is 2. The molecule has 2 N–H and O–H groups in total. The van der Waals surface area contributed by atoms with Crippen molar-refractivity contribution in [1.29, 1.82) is 0 Å². The van der Waals surface area contributed by atoms with Crippen molar-refractivity contribution >= 4 is 10.0 Å². The van der Waals surface area contributed by atoms with Crippen molar-refractivity contribution < 1.29 is 18.3 Å². The third-order valence-electron chi connectivity index (χ3n) is 2.30. The Morgan fingerprint density at radius 1 is 1.53 bits per heavy atom. The number of methoxy groups -OCH3 is 1. The molecule has 0 spiro atoms. The third-order valence-corrected chi connectivity index (χ3v) is 3.69. The topological polar surface area (TPSA) is 88.5 Å². The molecule has 1 heterocycles. The predicted octanol–water partition coefficient (Wildman–Crippen LogP) is -0.261. The number of rotatable bonds is 5. The van der Waals surface area contributed by atoms with E-state index in [4.69, 9.17) is 9.84 Å². The molecule has 0 aliphatic rings. The van der Waals surface area contributed by atoms with Gasteiger partial charge in [-0.25, -0.2) is 13.1 Å². The summed E-state index contributed by atoms with van der Waals surface area (Å²) in [5.74, 6) is 5.04. The van der Waals surface area contributed by atoms with Gasteiger partial charge in [0.1, 0.15) is 11.5 Å². The lowest BCUT2D eigenvalue weighted by Crippen LogP contribution is -2.31. The number of aromatic nitrogens is 1. The summed E-state index contributed by atoms with van der Waals surface area (Å²) < 4.78 is 31.3. The number of aliphatic hydroxyl groups excluding tert-OH is 1. The predicted molar refractivity (Wildman–Crippen MR) is 69.9 cm³/mol. The largest absolute Gasteiger partial charge is 0.384 e. The Labute approximate surface area is 112 Å². The average Bonchev–Trinajstić information content (AvgIpc) is 2.43. The van der Waals surface area contributed by atoms with Crippen LogP contribution >= 0.6 is 0 Å². The number of pyridine rings is 1. The molecule has 0 aliphatic heterocycles. The summed E-state index contributed by atoms with van der Waals surface area (Å²) in [6.07, 6.45) is 2.45. The van der Waals surface area contributed by atoms with Crippen LogP contribution in [0.25, 0.3) is 0 Å². The normalized spacial score (nSPS) is 12.6. The second kappa shape index (κ2) is 7.21. The van der Waals surface area contributed by atoms with Gasteiger partial charge in [-0.05, 0) is 13.0 Å². The van der Waals surface area contributed by atoms with Crippen LogP contribution in [0.4, 0.5) is 0 Å². The third kappa shape index (κ3) is 4.96. The van der Waals surface area contributed by atoms with Crippen LogP contribution in [-0.2, 0) is 14.8 Å². The van der Waals surface area contributed by atoms with E-state index in [-0.39, 0.29) is 24.2 Å². The molecule has 6 nitrogen and oxygen atoms in total. The number of sulfonamides is 1. The maximum atomic E-state index is 12.0. The standard InChI is InChI=1S/C12H16N2O4S/c1-10(18-2)7-14-19(16,17)12-6-11(4-3-5-15)8-13-9-12/h6,8-10,14-15H,5,7H2,1-2H3. The van der Waals surface area contributed by atoms with Gasteiger partial charge < -0.3 is 9.84 Å². The number of nitrogens with one attached hydrogen (secondary N) is 1. The number of ether oxygens (including phenoxy) is 1. The zero-order valence-electron chi connectivity index (χ0n) is 10.8. The van der Waals surface area contributed by atoms with Crippen molar-refractivity contribution in [2.45, 2.75) is 17.9 Å². The lowest BCUT2D eigenvalue weighted by atomic mass is 10.3. The van der Waals surface area contributed by atoms with Crippen LogP contribution in [0.3, 0.4) is 0 Å². The van der Waals surface area contributed by atoms with Crippen LogP contribution in [0.2, 0.25) is 0 Å². The molecule has 0 amide bonds. The van der Waals surface area contributed by atoms with E-state index in [0.29, 0.717) is 5.56 Å². The molecule has 7 heteroatoms. The molecular formula is C12H16N2O4S. The minimum atomic E-state index is -3.64. The van der Waals surface area contributed by atoms with Crippen molar-refractivity contribution in [3.05, 3.63) is 24.0 Å². The summed E-state index contributed by atoms with van der Waals surface area (Å²) in [6.45, 7) is 1.63. The van der Waals surface area contributed by atoms with E-state index in [1.807, 2.05) is 0 Å². The van der Waals surface area contributed by atoms with Crippen molar-refractivity contribution in [3.8, 4) is 11.8 Å². The summed E-state index contributed by atoms with van der Waals surface area (Å²) in [5, 5.41) is 8.59. The molecule has 0 fully saturated rings. The monoisotopic (exact) mass is 284 g/mol. The lowest BCUT2D eigenvalue weighted by molar-refractivity contribution is 0.122. The van der Waals surface area contributed by atoms with E-state index in [0.717, 1.165) is 0 Å². The van der Waals surface area contributed by atoms with Gasteiger partial charge in [0.15, 0.2) is 0 Å². The first-order valence-corrected chi connectivity index (χ1v) is 7.05. The van der Waals surface area contributed by atoms with Gasteiger partial charge in [-0.3, -0.25) is 4.98 Å². The SMILES string of the molecule is COC(C)CNS(=O)(=O)c1cncc(C#CCO)c1. The summed E-state index contributed by atoms with van der Waals surface area (Å²) in [4.78, 5) is 3.84. The molecule has 1 aromatic heterocycles. The maximum absolute atomic E-state index is 12.0. The second-order valence-corrected chi connectivity index (χ2v) is 5.53. The van der Waals surface area contributed by atoms with Crippen LogP contribution < -0.4 is 4.72 Å². The van der Waals surface area contributed by atoms with E-state index in [9.17, 15) is 8.42 Å². The molecule has 1 unspecified atom stereocenters. The summed E-state index contributed by atoms with van der Waals surface area (Å²) in [6, 6.07) is 1.40. The number of aliphatic hydroxyl groups is 1. The van der Waals surface area contributed by atoms with Gasteiger partial charge in [-0.2, -0.15) is 0 Å². The molecule has 1 rings (SSSR count). The zero-order valence-corrected chi connectivity index (χ0v) is 11.6. The van der Waals surface area contributed by atoms with Crippen molar-refractivity contribution in [2.75, 3.05) is 20.3 Å². The fraction of sp³-hybridized carbons (Fsp3) is 0.417. The van der Waals surface area contributed by atoms with Gasteiger partial charge in [-0.15, -0.1) is 0 Å². The summed E-state index contributed by atoms with van der Waals surface area (Å²) in [5.41, 5.74) is 0.428. The van der Waals surface area contributed by atoms with E-state index in [1.165, 1.54) is 25.6 Å². The molecule has 104 valence electrons. The molecule has 0 bridgehead atoms. The highest BCUT2D eigenvalue weighted by Gasteiger charge is 2.15. The zero-order chi connectivity index (χ0) is 14.3. The Balaban J connectivity index is 2.89. The molecular weight excluding hydrogens is 268 g/mol. The van der Waals surface area contributed by atoms with Crippen molar-refractivity contribution in [3.63, 3.8) is 0 Å². The Kier molecular flexibility index (Phi) is 5.92. The Hall–Kier alpha value is -1.46. The van der Waals surface area contributed by atoms with Gasteiger partial charge in [0.2, 0.25) is 10.0 Å². The molecule has 0 aromatic carbocycles. The fourth-order valence-corrected chi connectivity index (χ4v) is 2.27. The van der Waals surface area contributed by atoms with Crippen LogP contribution in [-0.4, -0.2) is 44.9 Å². The van der Waals surface area contributed by atoms with E-state index < -0.39 is 10.0 Å². The highest BCUT2D eigenvalue weighted by atomic mass is 32.2. The van der Waals surface area contributed by atoms with Crippen LogP contribution in [0, 0.1) is 11.8 Å². The molecule has 0 saturated carbocycles. The van der Waals surface area contributed by atoms with Gasteiger partial charge in [0.05, 0.1) is 6.10 Å². The van der Waals surface area contributed by atoms with Gasteiger partial charge in [0.25, 0.3) is 0 Å². The summed E-state index contributed by atoms with van der Waals surface area (Å²) >= 11 is 0. The molecule has 19 heavy (non-hydrogen) atoms. The van der Waals surface area contributed by atoms with Crippen LogP contribution in [0.15, 0.2) is 23.4 Å². The van der Waals surface area contributed by atoms with E-state index in [2.05, 4.69) is 21.5 Å². The first-order chi connectivity index (χ1) is 8.99. The molecule has 0 saturated heterocycles. The minimum absolute atomic E-state index is 0.0283. The molecule has 1 aromatic rings. The molecule has 0 aliphatic carbocycles. The average molecular weight is 284 g/mol. The molecule has 0 radical (unpaired) electrons. The van der Waals surface area contributed by atoms with Gasteiger partial charge >= 0.3 is 0 Å². The van der Waals surface area contributed by atoms with Gasteiger partial charge in [0, 0.05) is 31.6 Å². The van der Waals surface area contributed by atoms with E-state index in [1.54, 1.807) is 6.92 Å². The Morgan fingerprint density at radius 2 is 2.26 bits per heavy atom. The number of nitrogens with zero attached hydrogens (tertiary/aromatic N) is 1. The van der Waals surface area contributed by atoms with Crippen LogP contribution in [0.5, 0.6) is 0 Å². The van der Waals surface area contributed by atoms with Crippen molar-refractivity contribution in [1.82, 2.24) is 9.71 Å². The fourth-order valence-electron chi connectivity index (χ4n) is 1.17.